The monoisotopic (exact) mass is 418 g/mol. The van der Waals surface area contributed by atoms with E-state index in [2.05, 4.69) is 5.32 Å². The topological polar surface area (TPSA) is 98.5 Å². The molecule has 1 N–H and O–H groups in total. The fourth-order valence-electron chi connectivity index (χ4n) is 3.40. The second kappa shape index (κ2) is 10.2. The van der Waals surface area contributed by atoms with Crippen LogP contribution in [0.5, 0.6) is 0 Å². The van der Waals surface area contributed by atoms with Crippen molar-refractivity contribution in [1.29, 1.82) is 0 Å². The molecule has 3 rings (SSSR count). The predicted molar refractivity (Wildman–Crippen MR) is 118 cm³/mol. The predicted octanol–water partition coefficient (Wildman–Crippen LogP) is 4.53. The summed E-state index contributed by atoms with van der Waals surface area (Å²) in [5.41, 5.74) is 3.02. The fourth-order valence-corrected chi connectivity index (χ4v) is 3.40. The lowest BCUT2D eigenvalue weighted by molar-refractivity contribution is -0.483. The van der Waals surface area contributed by atoms with Gasteiger partial charge in [0.25, 0.3) is 0 Å². The maximum atomic E-state index is 12.7. The van der Waals surface area contributed by atoms with Crippen LogP contribution in [-0.2, 0) is 9.53 Å². The average Bonchev–Trinajstić information content (AvgIpc) is 2.79. The van der Waals surface area contributed by atoms with Gasteiger partial charge in [-0.05, 0) is 34.9 Å². The van der Waals surface area contributed by atoms with Crippen LogP contribution in [0.25, 0.3) is 11.1 Å². The van der Waals surface area contributed by atoms with Crippen molar-refractivity contribution >= 4 is 17.6 Å². The van der Waals surface area contributed by atoms with Gasteiger partial charge in [-0.15, -0.1) is 0 Å². The molecule has 0 bridgehead atoms. The highest BCUT2D eigenvalue weighted by molar-refractivity contribution is 5.99. The van der Waals surface area contributed by atoms with Crippen molar-refractivity contribution < 1.29 is 19.2 Å². The van der Waals surface area contributed by atoms with E-state index < -0.39 is 16.8 Å². The Morgan fingerprint density at radius 1 is 1.00 bits per heavy atom. The lowest BCUT2D eigenvalue weighted by Gasteiger charge is -2.15. The number of nitro groups is 1. The number of benzene rings is 3. The summed E-state index contributed by atoms with van der Waals surface area (Å²) in [6.07, 6.45) is -0.0373. The SMILES string of the molecule is COC(=O)c1ccc(NC(=O)CC(C[N+](=O)[O-])c2ccccc2)cc1-c1ccccc1. The van der Waals surface area contributed by atoms with Gasteiger partial charge in [0.15, 0.2) is 0 Å². The van der Waals surface area contributed by atoms with Crippen molar-refractivity contribution in [2.24, 2.45) is 0 Å². The second-order valence-corrected chi connectivity index (χ2v) is 6.99. The van der Waals surface area contributed by atoms with E-state index in [4.69, 9.17) is 4.74 Å². The number of rotatable bonds is 8. The van der Waals surface area contributed by atoms with Gasteiger partial charge in [0.05, 0.1) is 18.6 Å². The van der Waals surface area contributed by atoms with Gasteiger partial charge in [0.2, 0.25) is 12.5 Å². The highest BCUT2D eigenvalue weighted by Crippen LogP contribution is 2.28. The Bertz CT molecular complexity index is 1070. The number of hydrogen-bond acceptors (Lipinski definition) is 5. The van der Waals surface area contributed by atoms with Crippen LogP contribution in [0.4, 0.5) is 5.69 Å². The number of methoxy groups -OCH3 is 1. The number of nitrogens with one attached hydrogen (secondary N) is 1. The zero-order chi connectivity index (χ0) is 22.2. The van der Waals surface area contributed by atoms with Crippen molar-refractivity contribution in [3.05, 3.63) is 100 Å². The molecule has 3 aromatic carbocycles. The molecule has 158 valence electrons. The maximum absolute atomic E-state index is 12.7. The van der Waals surface area contributed by atoms with Crippen molar-refractivity contribution in [2.45, 2.75) is 12.3 Å². The molecule has 0 aliphatic carbocycles. The van der Waals surface area contributed by atoms with E-state index in [1.807, 2.05) is 36.4 Å². The summed E-state index contributed by atoms with van der Waals surface area (Å²) in [4.78, 5) is 35.5. The molecule has 0 heterocycles. The molecule has 31 heavy (non-hydrogen) atoms. The molecule has 0 aliphatic rings. The first-order chi connectivity index (χ1) is 15.0. The molecule has 0 saturated heterocycles. The average molecular weight is 418 g/mol. The van der Waals surface area contributed by atoms with Gasteiger partial charge in [-0.2, -0.15) is 0 Å². The molecule has 0 aliphatic heterocycles. The number of esters is 1. The van der Waals surface area contributed by atoms with Gasteiger partial charge < -0.3 is 10.1 Å². The van der Waals surface area contributed by atoms with E-state index in [0.717, 1.165) is 11.1 Å². The van der Waals surface area contributed by atoms with Crippen LogP contribution in [0.15, 0.2) is 78.9 Å². The van der Waals surface area contributed by atoms with E-state index in [1.165, 1.54) is 7.11 Å². The molecule has 0 saturated carbocycles. The molecule has 1 unspecified atom stereocenters. The van der Waals surface area contributed by atoms with E-state index in [1.54, 1.807) is 42.5 Å². The fraction of sp³-hybridized carbons (Fsp3) is 0.167. The molecule has 0 aromatic heterocycles. The number of carbonyl (C=O) groups is 2. The third-order valence-electron chi connectivity index (χ3n) is 4.87. The number of amides is 1. The van der Waals surface area contributed by atoms with Crippen LogP contribution in [0.2, 0.25) is 0 Å². The molecule has 7 nitrogen and oxygen atoms in total. The third-order valence-corrected chi connectivity index (χ3v) is 4.87. The van der Waals surface area contributed by atoms with Gasteiger partial charge in [-0.1, -0.05) is 60.7 Å². The molecule has 7 heteroatoms. The van der Waals surface area contributed by atoms with Crippen LogP contribution in [0.1, 0.15) is 28.3 Å². The highest BCUT2D eigenvalue weighted by atomic mass is 16.6. The van der Waals surface area contributed by atoms with Crippen LogP contribution >= 0.6 is 0 Å². The minimum Gasteiger partial charge on any atom is -0.465 e. The lowest BCUT2D eigenvalue weighted by atomic mass is 9.95. The lowest BCUT2D eigenvalue weighted by Crippen LogP contribution is -2.21. The smallest absolute Gasteiger partial charge is 0.338 e. The molecule has 1 amide bonds. The summed E-state index contributed by atoms with van der Waals surface area (Å²) >= 11 is 0. The van der Waals surface area contributed by atoms with Crippen molar-refractivity contribution in [3.63, 3.8) is 0 Å². The maximum Gasteiger partial charge on any atom is 0.338 e. The van der Waals surface area contributed by atoms with Gasteiger partial charge >= 0.3 is 5.97 Å². The summed E-state index contributed by atoms with van der Waals surface area (Å²) in [6.45, 7) is -0.339. The zero-order valence-corrected chi connectivity index (χ0v) is 17.0. The summed E-state index contributed by atoms with van der Waals surface area (Å²) < 4.78 is 4.87. The molecule has 0 fully saturated rings. The Balaban J connectivity index is 1.83. The van der Waals surface area contributed by atoms with Gasteiger partial charge in [0, 0.05) is 17.0 Å². The summed E-state index contributed by atoms with van der Waals surface area (Å²) in [5, 5.41) is 13.9. The quantitative estimate of drug-likeness (QED) is 0.329. The summed E-state index contributed by atoms with van der Waals surface area (Å²) in [7, 11) is 1.31. The Labute approximate surface area is 179 Å². The van der Waals surface area contributed by atoms with Crippen molar-refractivity contribution in [3.8, 4) is 11.1 Å². The molecular weight excluding hydrogens is 396 g/mol. The number of ether oxygens (including phenoxy) is 1. The normalized spacial score (nSPS) is 11.4. The van der Waals surface area contributed by atoms with Crippen LogP contribution in [0, 0.1) is 10.1 Å². The van der Waals surface area contributed by atoms with E-state index in [9.17, 15) is 19.7 Å². The van der Waals surface area contributed by atoms with Crippen LogP contribution in [0.3, 0.4) is 0 Å². The van der Waals surface area contributed by atoms with E-state index >= 15 is 0 Å². The van der Waals surface area contributed by atoms with Crippen LogP contribution in [-0.4, -0.2) is 30.5 Å². The third kappa shape index (κ3) is 5.76. The Kier molecular flexibility index (Phi) is 7.11. The first kappa shape index (κ1) is 21.7. The Hall–Kier alpha value is -4.00. The summed E-state index contributed by atoms with van der Waals surface area (Å²) in [5.74, 6) is -1.37. The number of hydrogen-bond donors (Lipinski definition) is 1. The van der Waals surface area contributed by atoms with Gasteiger partial charge in [-0.3, -0.25) is 14.9 Å². The molecule has 3 aromatic rings. The van der Waals surface area contributed by atoms with Crippen LogP contribution < -0.4 is 5.32 Å². The van der Waals surface area contributed by atoms with E-state index in [0.29, 0.717) is 16.8 Å². The Morgan fingerprint density at radius 2 is 1.65 bits per heavy atom. The van der Waals surface area contributed by atoms with Crippen molar-refractivity contribution in [2.75, 3.05) is 19.0 Å². The largest absolute Gasteiger partial charge is 0.465 e. The number of anilines is 1. The summed E-state index contributed by atoms with van der Waals surface area (Å²) in [6, 6.07) is 23.1. The standard InChI is InChI=1S/C24H22N2O5/c1-31-24(28)21-13-12-20(15-22(21)18-10-6-3-7-11-18)25-23(27)14-19(16-26(29)30)17-8-4-2-5-9-17/h2-13,15,19H,14,16H2,1H3,(H,25,27). The molecular formula is C24H22N2O5. The van der Waals surface area contributed by atoms with Gasteiger partial charge in [0.1, 0.15) is 0 Å². The van der Waals surface area contributed by atoms with Crippen molar-refractivity contribution in [1.82, 2.24) is 0 Å². The van der Waals surface area contributed by atoms with Gasteiger partial charge in [-0.25, -0.2) is 4.79 Å². The molecule has 1 atom stereocenters. The first-order valence-electron chi connectivity index (χ1n) is 9.72. The number of carbonyl (C=O) groups excluding carboxylic acids is 2. The number of nitrogens with zero attached hydrogens (tertiary/aromatic N) is 1. The first-order valence-corrected chi connectivity index (χ1v) is 9.72. The second-order valence-electron chi connectivity index (χ2n) is 6.99. The minimum atomic E-state index is -0.542. The molecule has 0 spiro atoms. The highest BCUT2D eigenvalue weighted by Gasteiger charge is 2.22. The zero-order valence-electron chi connectivity index (χ0n) is 17.0. The van der Waals surface area contributed by atoms with E-state index in [-0.39, 0.29) is 18.9 Å². The Morgan fingerprint density at radius 3 is 2.26 bits per heavy atom. The minimum absolute atomic E-state index is 0.0373. The molecule has 0 radical (unpaired) electrons.